The predicted molar refractivity (Wildman–Crippen MR) is 109 cm³/mol. The molecule has 0 fully saturated rings. The van der Waals surface area contributed by atoms with Crippen molar-refractivity contribution in [3.8, 4) is 0 Å². The van der Waals surface area contributed by atoms with Gasteiger partial charge in [-0.1, -0.05) is 56.4 Å². The fourth-order valence-corrected chi connectivity index (χ4v) is 3.59. The first-order valence-corrected chi connectivity index (χ1v) is 9.10. The van der Waals surface area contributed by atoms with E-state index in [1.807, 2.05) is 18.2 Å². The van der Waals surface area contributed by atoms with E-state index in [1.54, 1.807) is 11.3 Å². The molecule has 0 saturated carbocycles. The van der Waals surface area contributed by atoms with E-state index < -0.39 is 0 Å². The van der Waals surface area contributed by atoms with Gasteiger partial charge in [-0.25, -0.2) is 4.98 Å². The van der Waals surface area contributed by atoms with Gasteiger partial charge in [-0.05, 0) is 53.9 Å². The number of benzene rings is 2. The van der Waals surface area contributed by atoms with Crippen molar-refractivity contribution < 1.29 is 0 Å². The van der Waals surface area contributed by atoms with Crippen LogP contribution < -0.4 is 10.6 Å². The average molecular weight is 356 g/mol. The minimum atomic E-state index is 0.142. The minimum absolute atomic E-state index is 0.142. The van der Waals surface area contributed by atoms with Crippen molar-refractivity contribution in [1.29, 1.82) is 0 Å². The number of hydrogen-bond acceptors (Lipinski definition) is 3. The van der Waals surface area contributed by atoms with Crippen LogP contribution in [0.2, 0.25) is 0 Å². The number of nitrogens with zero attached hydrogens (tertiary/aromatic N) is 1. The van der Waals surface area contributed by atoms with Gasteiger partial charge < -0.3 is 10.6 Å². The number of hydrogen-bond donors (Lipinski definition) is 2. The summed E-state index contributed by atoms with van der Waals surface area (Å²) in [5, 5.41) is 7.81. The van der Waals surface area contributed by atoms with E-state index in [9.17, 15) is 0 Å². The van der Waals surface area contributed by atoms with E-state index in [0.717, 1.165) is 21.0 Å². The van der Waals surface area contributed by atoms with Crippen LogP contribution in [0, 0.1) is 6.92 Å². The second-order valence-electron chi connectivity index (χ2n) is 6.85. The van der Waals surface area contributed by atoms with Crippen molar-refractivity contribution in [2.75, 3.05) is 10.6 Å². The summed E-state index contributed by atoms with van der Waals surface area (Å²) in [5.74, 6) is 0. The van der Waals surface area contributed by atoms with Crippen molar-refractivity contribution in [3.05, 3.63) is 53.6 Å². The van der Waals surface area contributed by atoms with E-state index in [-0.39, 0.29) is 5.41 Å². The Bertz CT molecular complexity index is 858. The fraction of sp³-hybridized carbons (Fsp3) is 0.263. The maximum Gasteiger partial charge on any atom is 0.190 e. The van der Waals surface area contributed by atoms with Crippen LogP contribution in [-0.2, 0) is 5.41 Å². The minimum Gasteiger partial charge on any atom is -0.332 e. The van der Waals surface area contributed by atoms with Gasteiger partial charge in [0.15, 0.2) is 10.2 Å². The van der Waals surface area contributed by atoms with Crippen molar-refractivity contribution in [2.45, 2.75) is 33.1 Å². The van der Waals surface area contributed by atoms with Gasteiger partial charge in [0.1, 0.15) is 0 Å². The number of para-hydroxylation sites is 1. The Morgan fingerprint density at radius 3 is 2.50 bits per heavy atom. The normalized spacial score (nSPS) is 11.5. The third kappa shape index (κ3) is 3.74. The molecule has 1 heterocycles. The fourth-order valence-electron chi connectivity index (χ4n) is 2.45. The standard InChI is InChI=1S/C19H21N3S2/c1-12-11-13(19(2,3)4)9-10-14(12)20-17(23)22-18-21-15-7-5-6-8-16(15)24-18/h5-11H,1-4H3,(H2,20,21,22,23). The van der Waals surface area contributed by atoms with Crippen LogP contribution in [0.15, 0.2) is 42.5 Å². The molecule has 0 bridgehead atoms. The van der Waals surface area contributed by atoms with Crippen LogP contribution in [0.3, 0.4) is 0 Å². The van der Waals surface area contributed by atoms with Gasteiger partial charge in [-0.3, -0.25) is 0 Å². The summed E-state index contributed by atoms with van der Waals surface area (Å²) in [4.78, 5) is 4.54. The predicted octanol–water partition coefficient (Wildman–Crippen LogP) is 5.71. The Morgan fingerprint density at radius 2 is 1.83 bits per heavy atom. The third-order valence-corrected chi connectivity index (χ3v) is 5.01. The van der Waals surface area contributed by atoms with E-state index in [0.29, 0.717) is 5.11 Å². The lowest BCUT2D eigenvalue weighted by molar-refractivity contribution is 0.590. The quantitative estimate of drug-likeness (QED) is 0.577. The lowest BCUT2D eigenvalue weighted by Gasteiger charge is -2.21. The van der Waals surface area contributed by atoms with Gasteiger partial charge in [0, 0.05) is 5.69 Å². The number of nitrogens with one attached hydrogen (secondary N) is 2. The Balaban J connectivity index is 1.72. The van der Waals surface area contributed by atoms with Gasteiger partial charge >= 0.3 is 0 Å². The lowest BCUT2D eigenvalue weighted by atomic mass is 9.86. The second-order valence-corrected chi connectivity index (χ2v) is 8.28. The molecule has 0 radical (unpaired) electrons. The van der Waals surface area contributed by atoms with Crippen molar-refractivity contribution in [1.82, 2.24) is 4.98 Å². The van der Waals surface area contributed by atoms with Crippen molar-refractivity contribution >= 4 is 49.7 Å². The summed E-state index contributed by atoms with van der Waals surface area (Å²) < 4.78 is 1.15. The highest BCUT2D eigenvalue weighted by Gasteiger charge is 2.14. The molecule has 0 saturated heterocycles. The number of thiocarbonyl (C=S) groups is 1. The Labute approximate surface area is 152 Å². The number of aryl methyl sites for hydroxylation is 1. The highest BCUT2D eigenvalue weighted by atomic mass is 32.1. The highest BCUT2D eigenvalue weighted by Crippen LogP contribution is 2.27. The zero-order valence-corrected chi connectivity index (χ0v) is 15.9. The molecule has 0 atom stereocenters. The van der Waals surface area contributed by atoms with E-state index in [2.05, 4.69) is 67.6 Å². The summed E-state index contributed by atoms with van der Waals surface area (Å²) in [6.07, 6.45) is 0. The van der Waals surface area contributed by atoms with Crippen LogP contribution in [-0.4, -0.2) is 10.1 Å². The topological polar surface area (TPSA) is 37.0 Å². The molecule has 0 aliphatic heterocycles. The zero-order chi connectivity index (χ0) is 17.3. The number of fused-ring (bicyclic) bond motifs is 1. The first kappa shape index (κ1) is 16.9. The van der Waals surface area contributed by atoms with Crippen molar-refractivity contribution in [2.24, 2.45) is 0 Å². The van der Waals surface area contributed by atoms with Crippen LogP contribution >= 0.6 is 23.6 Å². The Kier molecular flexibility index (Phi) is 4.56. The zero-order valence-electron chi connectivity index (χ0n) is 14.3. The Morgan fingerprint density at radius 1 is 1.08 bits per heavy atom. The van der Waals surface area contributed by atoms with Gasteiger partial charge in [0.05, 0.1) is 10.2 Å². The Hall–Kier alpha value is -1.98. The number of aromatic nitrogens is 1. The number of anilines is 2. The summed E-state index contributed by atoms with van der Waals surface area (Å²) in [6.45, 7) is 8.74. The maximum atomic E-state index is 5.43. The molecule has 124 valence electrons. The maximum absolute atomic E-state index is 5.43. The van der Waals surface area contributed by atoms with Crippen LogP contribution in [0.5, 0.6) is 0 Å². The molecule has 0 amide bonds. The molecule has 24 heavy (non-hydrogen) atoms. The molecule has 3 aromatic rings. The van der Waals surface area contributed by atoms with Gasteiger partial charge in [0.25, 0.3) is 0 Å². The molecule has 0 spiro atoms. The third-order valence-electron chi connectivity index (χ3n) is 3.85. The molecule has 2 N–H and O–H groups in total. The van der Waals surface area contributed by atoms with Gasteiger partial charge in [0.2, 0.25) is 0 Å². The summed E-state index contributed by atoms with van der Waals surface area (Å²) in [7, 11) is 0. The smallest absolute Gasteiger partial charge is 0.190 e. The van der Waals surface area contributed by atoms with E-state index >= 15 is 0 Å². The second kappa shape index (κ2) is 6.49. The van der Waals surface area contributed by atoms with Crippen LogP contribution in [0.4, 0.5) is 10.8 Å². The molecular weight excluding hydrogens is 334 g/mol. The number of rotatable bonds is 2. The SMILES string of the molecule is Cc1cc(C(C)(C)C)ccc1NC(=S)Nc1nc2ccccc2s1. The lowest BCUT2D eigenvalue weighted by Crippen LogP contribution is -2.20. The number of thiazole rings is 1. The summed E-state index contributed by atoms with van der Waals surface area (Å²) in [5.41, 5.74) is 4.63. The molecule has 3 nitrogen and oxygen atoms in total. The van der Waals surface area contributed by atoms with Gasteiger partial charge in [-0.2, -0.15) is 0 Å². The van der Waals surface area contributed by atoms with Crippen LogP contribution in [0.1, 0.15) is 31.9 Å². The monoisotopic (exact) mass is 355 g/mol. The molecule has 0 aliphatic carbocycles. The molecule has 3 rings (SSSR count). The molecular formula is C19H21N3S2. The van der Waals surface area contributed by atoms with Crippen molar-refractivity contribution in [3.63, 3.8) is 0 Å². The highest BCUT2D eigenvalue weighted by molar-refractivity contribution is 7.80. The molecule has 2 aromatic carbocycles. The molecule has 0 aliphatic rings. The average Bonchev–Trinajstić information content (AvgIpc) is 2.90. The van der Waals surface area contributed by atoms with E-state index in [1.165, 1.54) is 11.1 Å². The first-order chi connectivity index (χ1) is 11.3. The largest absolute Gasteiger partial charge is 0.332 e. The molecule has 0 unspecified atom stereocenters. The van der Waals surface area contributed by atoms with E-state index in [4.69, 9.17) is 12.2 Å². The summed E-state index contributed by atoms with van der Waals surface area (Å²) in [6, 6.07) is 14.5. The summed E-state index contributed by atoms with van der Waals surface area (Å²) >= 11 is 7.03. The van der Waals surface area contributed by atoms with Crippen LogP contribution in [0.25, 0.3) is 10.2 Å². The van der Waals surface area contributed by atoms with Gasteiger partial charge in [-0.15, -0.1) is 0 Å². The molecule has 5 heteroatoms. The first-order valence-electron chi connectivity index (χ1n) is 7.87. The molecule has 1 aromatic heterocycles.